The van der Waals surface area contributed by atoms with E-state index in [-0.39, 0.29) is 0 Å². The van der Waals surface area contributed by atoms with Crippen molar-refractivity contribution in [2.24, 2.45) is 0 Å². The van der Waals surface area contributed by atoms with Crippen LogP contribution in [0.5, 0.6) is 0 Å². The molecule has 54 valence electrons. The summed E-state index contributed by atoms with van der Waals surface area (Å²) in [4.78, 5) is 4.09. The van der Waals surface area contributed by atoms with Gasteiger partial charge in [0.1, 0.15) is 0 Å². The number of allylic oxidation sites excluding steroid dienone is 2. The summed E-state index contributed by atoms with van der Waals surface area (Å²) in [6.45, 7) is 2.00. The molecule has 1 rings (SSSR count). The molecule has 2 N–H and O–H groups in total. The van der Waals surface area contributed by atoms with Crippen molar-refractivity contribution in [3.8, 4) is 0 Å². The lowest BCUT2D eigenvalue weighted by Crippen LogP contribution is -1.84. The molecule has 0 fully saturated rings. The summed E-state index contributed by atoms with van der Waals surface area (Å²) in [6, 6.07) is 0. The molecule has 2 nitrogen and oxygen atoms in total. The smallest absolute Gasteiger partial charge is 0.180 e. The zero-order chi connectivity index (χ0) is 7.40. The molecule has 3 heteroatoms. The van der Waals surface area contributed by atoms with Gasteiger partial charge in [0.25, 0.3) is 0 Å². The molecule has 0 aliphatic rings. The van der Waals surface area contributed by atoms with Crippen LogP contribution in [0.4, 0.5) is 5.13 Å². The van der Waals surface area contributed by atoms with E-state index in [1.807, 2.05) is 18.4 Å². The number of nitrogens with zero attached hydrogens (tertiary/aromatic N) is 1. The number of anilines is 1. The first-order chi connectivity index (χ1) is 4.83. The third-order valence-electron chi connectivity index (χ3n) is 1.13. The number of nitrogen functional groups attached to an aromatic ring is 1. The predicted molar refractivity (Wildman–Crippen MR) is 45.0 cm³/mol. The highest BCUT2D eigenvalue weighted by molar-refractivity contribution is 7.13. The first-order valence-corrected chi connectivity index (χ1v) is 4.02. The average Bonchev–Trinajstić information content (AvgIpc) is 2.31. The van der Waals surface area contributed by atoms with Gasteiger partial charge in [0.2, 0.25) is 0 Å². The van der Waals surface area contributed by atoms with Crippen LogP contribution < -0.4 is 5.73 Å². The topological polar surface area (TPSA) is 38.9 Å². The number of rotatable bonds is 2. The highest BCUT2D eigenvalue weighted by atomic mass is 32.1. The lowest BCUT2D eigenvalue weighted by molar-refractivity contribution is 1.15. The molecule has 0 aromatic carbocycles. The number of thiazole rings is 1. The van der Waals surface area contributed by atoms with E-state index in [4.69, 9.17) is 5.73 Å². The van der Waals surface area contributed by atoms with E-state index >= 15 is 0 Å². The molecule has 1 aromatic rings. The van der Waals surface area contributed by atoms with Crippen molar-refractivity contribution in [2.45, 2.75) is 13.3 Å². The molecule has 0 unspecified atom stereocenters. The molecule has 0 radical (unpaired) electrons. The third-order valence-corrected chi connectivity index (χ3v) is 1.85. The summed E-state index contributed by atoms with van der Waals surface area (Å²) in [6.07, 6.45) is 4.97. The second-order valence-electron chi connectivity index (χ2n) is 1.95. The number of hydrogen-bond donors (Lipinski definition) is 1. The fraction of sp³-hybridized carbons (Fsp3) is 0.286. The van der Waals surface area contributed by atoms with Crippen molar-refractivity contribution in [2.75, 3.05) is 5.73 Å². The highest BCUT2D eigenvalue weighted by Crippen LogP contribution is 2.11. The number of aromatic nitrogens is 1. The molecule has 0 saturated carbocycles. The Morgan fingerprint density at radius 2 is 2.60 bits per heavy atom. The molecule has 0 bridgehead atoms. The van der Waals surface area contributed by atoms with Crippen molar-refractivity contribution in [1.29, 1.82) is 0 Å². The van der Waals surface area contributed by atoms with Crippen molar-refractivity contribution in [3.63, 3.8) is 0 Å². The summed E-state index contributed by atoms with van der Waals surface area (Å²) in [7, 11) is 0. The molecule has 0 atom stereocenters. The van der Waals surface area contributed by atoms with Gasteiger partial charge in [0.15, 0.2) is 5.13 Å². The minimum Gasteiger partial charge on any atom is -0.375 e. The fourth-order valence-corrected chi connectivity index (χ4v) is 1.23. The Morgan fingerprint density at radius 3 is 3.10 bits per heavy atom. The monoisotopic (exact) mass is 154 g/mol. The van der Waals surface area contributed by atoms with E-state index in [0.29, 0.717) is 5.13 Å². The first kappa shape index (κ1) is 7.28. The maximum Gasteiger partial charge on any atom is 0.180 e. The molecule has 0 spiro atoms. The zero-order valence-electron chi connectivity index (χ0n) is 5.87. The molecule has 0 amide bonds. The number of hydrogen-bond acceptors (Lipinski definition) is 3. The summed E-state index contributed by atoms with van der Waals surface area (Å²) in [5.41, 5.74) is 6.49. The van der Waals surface area contributed by atoms with Crippen LogP contribution in [-0.4, -0.2) is 4.98 Å². The van der Waals surface area contributed by atoms with Crippen LogP contribution in [0.1, 0.15) is 12.6 Å². The van der Waals surface area contributed by atoms with Gasteiger partial charge in [0, 0.05) is 11.8 Å². The Balaban J connectivity index is 2.58. The molecule has 1 aromatic heterocycles. The Morgan fingerprint density at radius 1 is 1.80 bits per heavy atom. The van der Waals surface area contributed by atoms with Gasteiger partial charge in [-0.2, -0.15) is 0 Å². The lowest BCUT2D eigenvalue weighted by Gasteiger charge is -1.83. The van der Waals surface area contributed by atoms with Crippen LogP contribution in [0, 0.1) is 0 Å². The molecule has 0 aliphatic heterocycles. The summed E-state index contributed by atoms with van der Waals surface area (Å²) in [5, 5.41) is 2.63. The Kier molecular flexibility index (Phi) is 2.45. The van der Waals surface area contributed by atoms with Crippen molar-refractivity contribution in [3.05, 3.63) is 23.2 Å². The van der Waals surface area contributed by atoms with Gasteiger partial charge in [-0.05, 0) is 6.92 Å². The largest absolute Gasteiger partial charge is 0.375 e. The van der Waals surface area contributed by atoms with Crippen molar-refractivity contribution < 1.29 is 0 Å². The Labute approximate surface area is 64.4 Å². The Bertz CT molecular complexity index is 227. The average molecular weight is 154 g/mol. The van der Waals surface area contributed by atoms with E-state index in [1.165, 1.54) is 11.3 Å². The summed E-state index contributed by atoms with van der Waals surface area (Å²) < 4.78 is 0. The van der Waals surface area contributed by atoms with Crippen molar-refractivity contribution in [1.82, 2.24) is 4.98 Å². The van der Waals surface area contributed by atoms with Gasteiger partial charge in [-0.15, -0.1) is 11.3 Å². The van der Waals surface area contributed by atoms with E-state index in [1.54, 1.807) is 0 Å². The molecule has 10 heavy (non-hydrogen) atoms. The van der Waals surface area contributed by atoms with Gasteiger partial charge in [-0.3, -0.25) is 0 Å². The lowest BCUT2D eigenvalue weighted by atomic mass is 10.3. The predicted octanol–water partition coefficient (Wildman–Crippen LogP) is 1.84. The van der Waals surface area contributed by atoms with Gasteiger partial charge >= 0.3 is 0 Å². The van der Waals surface area contributed by atoms with E-state index in [2.05, 4.69) is 11.1 Å². The van der Waals surface area contributed by atoms with Gasteiger partial charge < -0.3 is 5.73 Å². The first-order valence-electron chi connectivity index (χ1n) is 3.14. The van der Waals surface area contributed by atoms with Crippen LogP contribution in [0.3, 0.4) is 0 Å². The van der Waals surface area contributed by atoms with Crippen LogP contribution in [0.25, 0.3) is 0 Å². The fourth-order valence-electron chi connectivity index (χ4n) is 0.655. The maximum absolute atomic E-state index is 5.43. The highest BCUT2D eigenvalue weighted by Gasteiger charge is 1.93. The van der Waals surface area contributed by atoms with E-state index < -0.39 is 0 Å². The number of nitrogens with two attached hydrogens (primary N) is 1. The quantitative estimate of drug-likeness (QED) is 0.660. The molecular formula is C7H10N2S. The van der Waals surface area contributed by atoms with Crippen LogP contribution >= 0.6 is 11.3 Å². The second kappa shape index (κ2) is 3.37. The van der Waals surface area contributed by atoms with Crippen molar-refractivity contribution >= 4 is 16.5 Å². The van der Waals surface area contributed by atoms with Crippen LogP contribution in [0.15, 0.2) is 17.5 Å². The minimum atomic E-state index is 0.652. The van der Waals surface area contributed by atoms with E-state index in [9.17, 15) is 0 Å². The van der Waals surface area contributed by atoms with Crippen LogP contribution in [-0.2, 0) is 6.42 Å². The zero-order valence-corrected chi connectivity index (χ0v) is 6.69. The summed E-state index contributed by atoms with van der Waals surface area (Å²) in [5.74, 6) is 0. The molecular weight excluding hydrogens is 144 g/mol. The SMILES string of the molecule is CC=CCc1csc(N)n1. The minimum absolute atomic E-state index is 0.652. The summed E-state index contributed by atoms with van der Waals surface area (Å²) >= 11 is 1.49. The van der Waals surface area contributed by atoms with Gasteiger partial charge in [-0.1, -0.05) is 12.2 Å². The third kappa shape index (κ3) is 1.84. The standard InChI is InChI=1S/C7H10N2S/c1-2-3-4-6-5-10-7(8)9-6/h2-3,5H,4H2,1H3,(H2,8,9). The Hall–Kier alpha value is -0.830. The van der Waals surface area contributed by atoms with Gasteiger partial charge in [0.05, 0.1) is 5.69 Å². The molecule has 0 saturated heterocycles. The molecule has 1 heterocycles. The van der Waals surface area contributed by atoms with Gasteiger partial charge in [-0.25, -0.2) is 4.98 Å². The molecule has 0 aliphatic carbocycles. The second-order valence-corrected chi connectivity index (χ2v) is 2.84. The van der Waals surface area contributed by atoms with E-state index in [0.717, 1.165) is 12.1 Å². The van der Waals surface area contributed by atoms with Crippen LogP contribution in [0.2, 0.25) is 0 Å². The maximum atomic E-state index is 5.43. The normalized spacial score (nSPS) is 10.9.